The summed E-state index contributed by atoms with van der Waals surface area (Å²) in [5, 5.41) is 5.24. The molecular weight excluding hydrogens is 578 g/mol. The number of carbonyl (C=O) groups excluding carboxylic acids is 4. The zero-order valence-electron chi connectivity index (χ0n) is 20.2. The Labute approximate surface area is 231 Å². The van der Waals surface area contributed by atoms with Gasteiger partial charge in [0.1, 0.15) is 5.57 Å². The summed E-state index contributed by atoms with van der Waals surface area (Å²) in [6.07, 6.45) is 1.32. The number of amides is 5. The van der Waals surface area contributed by atoms with Crippen molar-refractivity contribution in [1.82, 2.24) is 5.32 Å². The van der Waals surface area contributed by atoms with Crippen molar-refractivity contribution in [3.63, 3.8) is 0 Å². The molecule has 1 fully saturated rings. The molecule has 5 amide bonds. The first-order valence-corrected chi connectivity index (χ1v) is 12.4. The second-order valence-electron chi connectivity index (χ2n) is 8.18. The Bertz CT molecular complexity index is 1490. The van der Waals surface area contributed by atoms with Gasteiger partial charge in [0.15, 0.2) is 18.1 Å². The summed E-state index contributed by atoms with van der Waals surface area (Å²) < 4.78 is 11.5. The molecule has 4 rings (SSSR count). The zero-order valence-corrected chi connectivity index (χ0v) is 22.6. The molecular formula is C27H21BrClN3O6. The number of aryl methyl sites for hydroxylation is 1. The predicted molar refractivity (Wildman–Crippen MR) is 146 cm³/mol. The van der Waals surface area contributed by atoms with Gasteiger partial charge in [-0.3, -0.25) is 19.7 Å². The van der Waals surface area contributed by atoms with Crippen molar-refractivity contribution >= 4 is 68.7 Å². The average molecular weight is 599 g/mol. The summed E-state index contributed by atoms with van der Waals surface area (Å²) in [7, 11) is 1.41. The van der Waals surface area contributed by atoms with Crippen LogP contribution in [-0.4, -0.2) is 37.5 Å². The molecule has 0 bridgehead atoms. The molecule has 0 spiro atoms. The number of nitrogens with one attached hydrogen (secondary N) is 2. The van der Waals surface area contributed by atoms with Crippen molar-refractivity contribution in [2.24, 2.45) is 0 Å². The Hall–Kier alpha value is -4.15. The van der Waals surface area contributed by atoms with Crippen LogP contribution in [0.15, 0.2) is 70.7 Å². The van der Waals surface area contributed by atoms with Crippen LogP contribution in [0.1, 0.15) is 11.1 Å². The van der Waals surface area contributed by atoms with Crippen molar-refractivity contribution in [2.45, 2.75) is 6.92 Å². The zero-order chi connectivity index (χ0) is 27.4. The SMILES string of the molecule is COc1cc(/C=C2\C(=O)NC(=O)N(c3cccc(Cl)c3)C2=O)cc(Br)c1OCC(=O)Nc1cccc(C)c1. The van der Waals surface area contributed by atoms with Gasteiger partial charge in [-0.1, -0.05) is 29.8 Å². The third-order valence-corrected chi connectivity index (χ3v) is 6.20. The standard InChI is InChI=1S/C27H21BrClN3O6/c1-15-5-3-7-18(9-15)30-23(33)14-38-24-21(28)11-16(12-22(24)37-2)10-20-25(34)31-27(36)32(26(20)35)19-8-4-6-17(29)13-19/h3-13H,14H2,1-2H3,(H,30,33)(H,31,34,36)/b20-10+. The Balaban J connectivity index is 1.56. The molecule has 3 aromatic carbocycles. The van der Waals surface area contributed by atoms with E-state index in [0.717, 1.165) is 10.5 Å². The fourth-order valence-electron chi connectivity index (χ4n) is 3.69. The average Bonchev–Trinajstić information content (AvgIpc) is 2.85. The quantitative estimate of drug-likeness (QED) is 0.289. The van der Waals surface area contributed by atoms with Gasteiger partial charge in [-0.25, -0.2) is 9.69 Å². The van der Waals surface area contributed by atoms with Crippen LogP contribution in [0.4, 0.5) is 16.2 Å². The summed E-state index contributed by atoms with van der Waals surface area (Å²) in [5.41, 5.74) is 1.99. The molecule has 0 unspecified atom stereocenters. The second-order valence-corrected chi connectivity index (χ2v) is 9.47. The highest BCUT2D eigenvalue weighted by molar-refractivity contribution is 9.10. The minimum absolute atomic E-state index is 0.213. The number of hydrogen-bond acceptors (Lipinski definition) is 6. The number of benzene rings is 3. The number of ether oxygens (including phenoxy) is 2. The largest absolute Gasteiger partial charge is 0.493 e. The van der Waals surface area contributed by atoms with Gasteiger partial charge in [0.25, 0.3) is 17.7 Å². The number of nitrogens with zero attached hydrogens (tertiary/aromatic N) is 1. The number of hydrogen-bond donors (Lipinski definition) is 2. The minimum atomic E-state index is -0.883. The Kier molecular flexibility index (Phi) is 8.13. The van der Waals surface area contributed by atoms with Gasteiger partial charge in [0.2, 0.25) is 0 Å². The number of halogens is 2. The lowest BCUT2D eigenvalue weighted by atomic mass is 10.1. The maximum atomic E-state index is 13.1. The number of barbiturate groups is 1. The first kappa shape index (κ1) is 26.9. The van der Waals surface area contributed by atoms with E-state index < -0.39 is 17.8 Å². The number of methoxy groups -OCH3 is 1. The Morgan fingerprint density at radius 3 is 2.58 bits per heavy atom. The highest BCUT2D eigenvalue weighted by Gasteiger charge is 2.37. The molecule has 11 heteroatoms. The summed E-state index contributed by atoms with van der Waals surface area (Å²) in [6.45, 7) is 1.63. The van der Waals surface area contributed by atoms with Crippen LogP contribution in [0.2, 0.25) is 5.02 Å². The van der Waals surface area contributed by atoms with E-state index in [1.807, 2.05) is 25.1 Å². The normalized spacial score (nSPS) is 14.4. The van der Waals surface area contributed by atoms with Crippen molar-refractivity contribution < 1.29 is 28.7 Å². The molecule has 38 heavy (non-hydrogen) atoms. The van der Waals surface area contributed by atoms with Crippen LogP contribution in [-0.2, 0) is 14.4 Å². The van der Waals surface area contributed by atoms with E-state index in [-0.39, 0.29) is 35.3 Å². The molecule has 0 atom stereocenters. The minimum Gasteiger partial charge on any atom is -0.493 e. The number of anilines is 2. The van der Waals surface area contributed by atoms with Gasteiger partial charge in [0, 0.05) is 10.7 Å². The third kappa shape index (κ3) is 6.04. The van der Waals surface area contributed by atoms with Gasteiger partial charge < -0.3 is 14.8 Å². The van der Waals surface area contributed by atoms with Crippen LogP contribution < -0.4 is 25.0 Å². The van der Waals surface area contributed by atoms with E-state index in [2.05, 4.69) is 26.6 Å². The Morgan fingerprint density at radius 2 is 1.87 bits per heavy atom. The molecule has 2 N–H and O–H groups in total. The lowest BCUT2D eigenvalue weighted by Crippen LogP contribution is -2.54. The second kappa shape index (κ2) is 11.5. The van der Waals surface area contributed by atoms with Crippen LogP contribution in [0.25, 0.3) is 6.08 Å². The monoisotopic (exact) mass is 597 g/mol. The summed E-state index contributed by atoms with van der Waals surface area (Å²) >= 11 is 9.40. The van der Waals surface area contributed by atoms with E-state index >= 15 is 0 Å². The van der Waals surface area contributed by atoms with E-state index in [1.165, 1.54) is 31.4 Å². The van der Waals surface area contributed by atoms with Crippen molar-refractivity contribution in [1.29, 1.82) is 0 Å². The number of imide groups is 2. The van der Waals surface area contributed by atoms with Crippen molar-refractivity contribution in [3.8, 4) is 11.5 Å². The number of rotatable bonds is 7. The van der Waals surface area contributed by atoms with E-state index in [9.17, 15) is 19.2 Å². The van der Waals surface area contributed by atoms with Gasteiger partial charge in [-0.15, -0.1) is 0 Å². The summed E-state index contributed by atoms with van der Waals surface area (Å²) in [4.78, 5) is 51.3. The molecule has 3 aromatic rings. The molecule has 1 aliphatic rings. The molecule has 0 aromatic heterocycles. The van der Waals surface area contributed by atoms with Gasteiger partial charge in [-0.05, 0) is 82.5 Å². The molecule has 1 saturated heterocycles. The van der Waals surface area contributed by atoms with E-state index in [4.69, 9.17) is 21.1 Å². The van der Waals surface area contributed by atoms with E-state index in [0.29, 0.717) is 20.7 Å². The highest BCUT2D eigenvalue weighted by Crippen LogP contribution is 2.37. The van der Waals surface area contributed by atoms with Gasteiger partial charge in [-0.2, -0.15) is 0 Å². The first-order valence-electron chi connectivity index (χ1n) is 11.2. The fraction of sp³-hybridized carbons (Fsp3) is 0.111. The predicted octanol–water partition coefficient (Wildman–Crippen LogP) is 5.10. The maximum Gasteiger partial charge on any atom is 0.335 e. The molecule has 9 nitrogen and oxygen atoms in total. The van der Waals surface area contributed by atoms with E-state index in [1.54, 1.807) is 24.3 Å². The fourth-order valence-corrected chi connectivity index (χ4v) is 4.45. The van der Waals surface area contributed by atoms with Crippen LogP contribution in [0, 0.1) is 6.92 Å². The molecule has 1 aliphatic heterocycles. The summed E-state index contributed by atoms with van der Waals surface area (Å²) in [6, 6.07) is 15.7. The number of urea groups is 1. The van der Waals surface area contributed by atoms with Gasteiger partial charge >= 0.3 is 6.03 Å². The van der Waals surface area contributed by atoms with Crippen molar-refractivity contribution in [3.05, 3.63) is 86.9 Å². The lowest BCUT2D eigenvalue weighted by Gasteiger charge is -2.26. The van der Waals surface area contributed by atoms with Crippen molar-refractivity contribution in [2.75, 3.05) is 23.9 Å². The Morgan fingerprint density at radius 1 is 1.11 bits per heavy atom. The smallest absolute Gasteiger partial charge is 0.335 e. The molecule has 0 radical (unpaired) electrons. The molecule has 194 valence electrons. The topological polar surface area (TPSA) is 114 Å². The lowest BCUT2D eigenvalue weighted by molar-refractivity contribution is -0.122. The highest BCUT2D eigenvalue weighted by atomic mass is 79.9. The maximum absolute atomic E-state index is 13.1. The molecule has 0 aliphatic carbocycles. The molecule has 1 heterocycles. The summed E-state index contributed by atoms with van der Waals surface area (Å²) in [5.74, 6) is -1.53. The first-order chi connectivity index (χ1) is 18.2. The number of carbonyl (C=O) groups is 4. The third-order valence-electron chi connectivity index (χ3n) is 5.38. The van der Waals surface area contributed by atoms with Crippen LogP contribution >= 0.6 is 27.5 Å². The van der Waals surface area contributed by atoms with Gasteiger partial charge in [0.05, 0.1) is 17.3 Å². The van der Waals surface area contributed by atoms with Crippen LogP contribution in [0.5, 0.6) is 11.5 Å². The van der Waals surface area contributed by atoms with Crippen LogP contribution in [0.3, 0.4) is 0 Å². The molecule has 0 saturated carbocycles.